The topological polar surface area (TPSA) is 71.7 Å². The molecule has 30 heavy (non-hydrogen) atoms. The van der Waals surface area contributed by atoms with Crippen LogP contribution in [-0.2, 0) is 4.74 Å². The third-order valence-corrected chi connectivity index (χ3v) is 5.69. The van der Waals surface area contributed by atoms with Crippen molar-refractivity contribution in [1.82, 2.24) is 9.97 Å². The van der Waals surface area contributed by atoms with Crippen LogP contribution in [0.25, 0.3) is 22.1 Å². The van der Waals surface area contributed by atoms with Gasteiger partial charge in [-0.2, -0.15) is 0 Å². The maximum Gasteiger partial charge on any atom is 0.337 e. The zero-order valence-electron chi connectivity index (χ0n) is 16.9. The summed E-state index contributed by atoms with van der Waals surface area (Å²) in [7, 11) is 1.39. The second kappa shape index (κ2) is 7.33. The Morgan fingerprint density at radius 3 is 2.67 bits per heavy atom. The van der Waals surface area contributed by atoms with E-state index >= 15 is 0 Å². The highest BCUT2D eigenvalue weighted by Gasteiger charge is 2.28. The number of rotatable bonds is 3. The first kappa shape index (κ1) is 18.4. The van der Waals surface area contributed by atoms with Crippen LogP contribution in [0.15, 0.2) is 59.3 Å². The molecule has 2 aromatic carbocycles. The van der Waals surface area contributed by atoms with Crippen molar-refractivity contribution in [2.45, 2.75) is 13.0 Å². The first-order chi connectivity index (χ1) is 14.7. The lowest BCUT2D eigenvalue weighted by Crippen LogP contribution is -2.52. The number of carbonyl (C=O) groups is 1. The van der Waals surface area contributed by atoms with Crippen molar-refractivity contribution in [1.29, 1.82) is 0 Å². The maximum atomic E-state index is 11.7. The zero-order valence-corrected chi connectivity index (χ0v) is 16.9. The first-order valence-electron chi connectivity index (χ1n) is 9.98. The van der Waals surface area contributed by atoms with Crippen molar-refractivity contribution in [2.75, 3.05) is 36.5 Å². The van der Waals surface area contributed by atoms with E-state index in [1.54, 1.807) is 18.5 Å². The predicted molar refractivity (Wildman–Crippen MR) is 116 cm³/mol. The molecule has 0 N–H and O–H groups in total. The summed E-state index contributed by atoms with van der Waals surface area (Å²) in [5.41, 5.74) is 4.06. The number of aromatic nitrogens is 2. The second-order valence-corrected chi connectivity index (χ2v) is 7.50. The summed E-state index contributed by atoms with van der Waals surface area (Å²) >= 11 is 0. The fourth-order valence-corrected chi connectivity index (χ4v) is 4.15. The third kappa shape index (κ3) is 3.03. The Morgan fingerprint density at radius 2 is 1.90 bits per heavy atom. The highest BCUT2D eigenvalue weighted by molar-refractivity contribution is 6.05. The molecule has 1 aliphatic heterocycles. The molecule has 7 nitrogen and oxygen atoms in total. The molecule has 1 saturated heterocycles. The average molecular weight is 402 g/mol. The van der Waals surface area contributed by atoms with Gasteiger partial charge in [0.25, 0.3) is 0 Å². The fraction of sp³-hybridized carbons (Fsp3) is 0.261. The molecule has 0 bridgehead atoms. The van der Waals surface area contributed by atoms with Gasteiger partial charge in [0.15, 0.2) is 11.4 Å². The smallest absolute Gasteiger partial charge is 0.337 e. The van der Waals surface area contributed by atoms with Gasteiger partial charge in [-0.15, -0.1) is 0 Å². The quantitative estimate of drug-likeness (QED) is 0.482. The SMILES string of the molecule is COC(=O)c1ccc(N2CCN(c3ncnc4c3oc3ccccc34)C(C)C2)cc1. The van der Waals surface area contributed by atoms with E-state index in [1.807, 2.05) is 36.4 Å². The molecule has 1 fully saturated rings. The van der Waals surface area contributed by atoms with Gasteiger partial charge < -0.3 is 19.0 Å². The number of furan rings is 1. The maximum absolute atomic E-state index is 11.7. The van der Waals surface area contributed by atoms with Gasteiger partial charge in [0.05, 0.1) is 12.7 Å². The summed E-state index contributed by atoms with van der Waals surface area (Å²) in [6, 6.07) is 15.7. The number of hydrogen-bond acceptors (Lipinski definition) is 7. The number of methoxy groups -OCH3 is 1. The van der Waals surface area contributed by atoms with Crippen LogP contribution in [0.4, 0.5) is 11.5 Å². The number of anilines is 2. The summed E-state index contributed by atoms with van der Waals surface area (Å²) in [6.45, 7) is 4.67. The standard InChI is InChI=1S/C23H22N4O3/c1-15-13-26(17-9-7-16(8-10-17)23(28)29-2)11-12-27(15)22-21-20(24-14-25-22)18-5-3-4-6-19(18)30-21/h3-10,14-15H,11-13H2,1-2H3. The highest BCUT2D eigenvalue weighted by Crippen LogP contribution is 2.34. The van der Waals surface area contributed by atoms with Crippen LogP contribution in [0, 0.1) is 0 Å². The van der Waals surface area contributed by atoms with Crippen LogP contribution >= 0.6 is 0 Å². The molecule has 0 spiro atoms. The number of esters is 1. The average Bonchev–Trinajstić information content (AvgIpc) is 3.18. The van der Waals surface area contributed by atoms with Crippen LogP contribution < -0.4 is 9.80 Å². The van der Waals surface area contributed by atoms with E-state index in [1.165, 1.54) is 7.11 Å². The largest absolute Gasteiger partial charge is 0.465 e. The van der Waals surface area contributed by atoms with Crippen molar-refractivity contribution in [3.63, 3.8) is 0 Å². The minimum Gasteiger partial charge on any atom is -0.465 e. The molecule has 1 aliphatic rings. The lowest BCUT2D eigenvalue weighted by Gasteiger charge is -2.41. The number of piperazine rings is 1. The molecular weight excluding hydrogens is 380 g/mol. The van der Waals surface area contributed by atoms with E-state index in [0.717, 1.165) is 53.2 Å². The van der Waals surface area contributed by atoms with Gasteiger partial charge in [0, 0.05) is 36.7 Å². The molecule has 5 rings (SSSR count). The van der Waals surface area contributed by atoms with Crippen molar-refractivity contribution < 1.29 is 13.9 Å². The van der Waals surface area contributed by atoms with E-state index < -0.39 is 0 Å². The second-order valence-electron chi connectivity index (χ2n) is 7.50. The summed E-state index contributed by atoms with van der Waals surface area (Å²) in [5, 5.41) is 1.01. The molecule has 4 aromatic rings. The van der Waals surface area contributed by atoms with Crippen molar-refractivity contribution in [3.8, 4) is 0 Å². The van der Waals surface area contributed by atoms with Crippen LogP contribution in [0.1, 0.15) is 17.3 Å². The van der Waals surface area contributed by atoms with E-state index in [2.05, 4.69) is 26.7 Å². The Balaban J connectivity index is 1.41. The van der Waals surface area contributed by atoms with Crippen LogP contribution in [-0.4, -0.2) is 48.7 Å². The Morgan fingerprint density at radius 1 is 1.10 bits per heavy atom. The molecule has 0 saturated carbocycles. The number of hydrogen-bond donors (Lipinski definition) is 0. The summed E-state index contributed by atoms with van der Waals surface area (Å²) in [6.07, 6.45) is 1.62. The summed E-state index contributed by atoms with van der Waals surface area (Å²) in [5.74, 6) is 0.516. The Kier molecular flexibility index (Phi) is 4.50. The van der Waals surface area contributed by atoms with E-state index in [9.17, 15) is 4.79 Å². The molecule has 1 atom stereocenters. The predicted octanol–water partition coefficient (Wildman–Crippen LogP) is 3.88. The number of benzene rings is 2. The summed E-state index contributed by atoms with van der Waals surface area (Å²) in [4.78, 5) is 25.3. The van der Waals surface area contributed by atoms with Gasteiger partial charge in [0.1, 0.15) is 17.4 Å². The molecular formula is C23H22N4O3. The Labute approximate surface area is 173 Å². The lowest BCUT2D eigenvalue weighted by atomic mass is 10.1. The fourth-order valence-electron chi connectivity index (χ4n) is 4.15. The number of para-hydroxylation sites is 1. The van der Waals surface area contributed by atoms with Gasteiger partial charge >= 0.3 is 5.97 Å². The molecule has 7 heteroatoms. The van der Waals surface area contributed by atoms with Crippen LogP contribution in [0.3, 0.4) is 0 Å². The molecule has 0 radical (unpaired) electrons. The van der Waals surface area contributed by atoms with Crippen molar-refractivity contribution >= 4 is 39.5 Å². The minimum absolute atomic E-state index is 0.227. The van der Waals surface area contributed by atoms with E-state index in [0.29, 0.717) is 5.56 Å². The van der Waals surface area contributed by atoms with Gasteiger partial charge in [-0.1, -0.05) is 12.1 Å². The van der Waals surface area contributed by atoms with Crippen LogP contribution in [0.5, 0.6) is 0 Å². The number of carbonyl (C=O) groups excluding carboxylic acids is 1. The molecule has 0 aliphatic carbocycles. The van der Waals surface area contributed by atoms with Gasteiger partial charge in [-0.3, -0.25) is 0 Å². The van der Waals surface area contributed by atoms with Crippen LogP contribution in [0.2, 0.25) is 0 Å². The monoisotopic (exact) mass is 402 g/mol. The Hall–Kier alpha value is -3.61. The van der Waals surface area contributed by atoms with E-state index in [4.69, 9.17) is 9.15 Å². The number of nitrogens with zero attached hydrogens (tertiary/aromatic N) is 4. The molecule has 3 heterocycles. The Bertz CT molecular complexity index is 1220. The molecule has 0 amide bonds. The zero-order chi connectivity index (χ0) is 20.7. The number of ether oxygens (including phenoxy) is 1. The van der Waals surface area contributed by atoms with Gasteiger partial charge in [-0.05, 0) is 43.3 Å². The minimum atomic E-state index is -0.321. The van der Waals surface area contributed by atoms with Crippen molar-refractivity contribution in [2.24, 2.45) is 0 Å². The normalized spacial score (nSPS) is 16.9. The first-order valence-corrected chi connectivity index (χ1v) is 9.98. The third-order valence-electron chi connectivity index (χ3n) is 5.69. The highest BCUT2D eigenvalue weighted by atomic mass is 16.5. The molecule has 152 valence electrons. The van der Waals surface area contributed by atoms with Gasteiger partial charge in [-0.25, -0.2) is 14.8 Å². The lowest BCUT2D eigenvalue weighted by molar-refractivity contribution is 0.0600. The molecule has 1 unspecified atom stereocenters. The van der Waals surface area contributed by atoms with E-state index in [-0.39, 0.29) is 12.0 Å². The van der Waals surface area contributed by atoms with Crippen molar-refractivity contribution in [3.05, 3.63) is 60.4 Å². The summed E-state index contributed by atoms with van der Waals surface area (Å²) < 4.78 is 10.9. The number of fused-ring (bicyclic) bond motifs is 3. The van der Waals surface area contributed by atoms with Gasteiger partial charge in [0.2, 0.25) is 0 Å². The molecule has 2 aromatic heterocycles.